The summed E-state index contributed by atoms with van der Waals surface area (Å²) < 4.78 is 6.53. The minimum atomic E-state index is -0.405. The molecule has 1 aromatic heterocycles. The standard InChI is InChI=1S/C13H12BrNO3S/c1-2-9-3-4-12(11(7-9)15(16)17)18-8-13-10(14)5-6-19-13/h3-7H,2,8H2,1H3. The number of nitro benzene ring substituents is 1. The summed E-state index contributed by atoms with van der Waals surface area (Å²) in [5, 5.41) is 13.0. The van der Waals surface area contributed by atoms with E-state index in [1.807, 2.05) is 24.4 Å². The van der Waals surface area contributed by atoms with E-state index < -0.39 is 4.92 Å². The van der Waals surface area contributed by atoms with E-state index in [9.17, 15) is 10.1 Å². The summed E-state index contributed by atoms with van der Waals surface area (Å²) in [5.74, 6) is 0.308. The normalized spacial score (nSPS) is 10.4. The molecular weight excluding hydrogens is 330 g/mol. The number of halogens is 1. The van der Waals surface area contributed by atoms with Crippen molar-refractivity contribution >= 4 is 33.0 Å². The summed E-state index contributed by atoms with van der Waals surface area (Å²) in [6.45, 7) is 2.28. The highest BCUT2D eigenvalue weighted by Gasteiger charge is 2.16. The van der Waals surface area contributed by atoms with Crippen LogP contribution in [0, 0.1) is 10.1 Å². The molecule has 0 aliphatic heterocycles. The van der Waals surface area contributed by atoms with Gasteiger partial charge in [-0.2, -0.15) is 0 Å². The van der Waals surface area contributed by atoms with Gasteiger partial charge in [-0.15, -0.1) is 11.3 Å². The van der Waals surface area contributed by atoms with E-state index in [1.54, 1.807) is 23.5 Å². The molecule has 2 aromatic rings. The molecule has 100 valence electrons. The van der Waals surface area contributed by atoms with Crippen molar-refractivity contribution in [3.05, 3.63) is 54.7 Å². The van der Waals surface area contributed by atoms with Crippen LogP contribution in [0.1, 0.15) is 17.4 Å². The van der Waals surface area contributed by atoms with Crippen LogP contribution in [0.3, 0.4) is 0 Å². The Bertz CT molecular complexity index is 597. The number of thiophene rings is 1. The summed E-state index contributed by atoms with van der Waals surface area (Å²) in [6.07, 6.45) is 0.762. The minimum Gasteiger partial charge on any atom is -0.481 e. The van der Waals surface area contributed by atoms with Crippen LogP contribution in [0.5, 0.6) is 5.75 Å². The van der Waals surface area contributed by atoms with Crippen LogP contribution in [0.4, 0.5) is 5.69 Å². The van der Waals surface area contributed by atoms with Gasteiger partial charge in [0.2, 0.25) is 0 Å². The predicted octanol–water partition coefficient (Wildman–Crippen LogP) is 4.56. The van der Waals surface area contributed by atoms with Gasteiger partial charge in [0.1, 0.15) is 6.61 Å². The number of nitrogens with zero attached hydrogens (tertiary/aromatic N) is 1. The highest BCUT2D eigenvalue weighted by molar-refractivity contribution is 9.10. The zero-order chi connectivity index (χ0) is 13.8. The third-order valence-electron chi connectivity index (χ3n) is 2.68. The Labute approximate surface area is 123 Å². The van der Waals surface area contributed by atoms with Crippen molar-refractivity contribution in [2.75, 3.05) is 0 Å². The summed E-state index contributed by atoms with van der Waals surface area (Å²) in [5.41, 5.74) is 0.948. The molecule has 0 saturated heterocycles. The molecular formula is C13H12BrNO3S. The van der Waals surface area contributed by atoms with Gasteiger partial charge in [0.25, 0.3) is 0 Å². The van der Waals surface area contributed by atoms with Gasteiger partial charge in [-0.1, -0.05) is 13.0 Å². The molecule has 19 heavy (non-hydrogen) atoms. The number of rotatable bonds is 5. The zero-order valence-electron chi connectivity index (χ0n) is 10.3. The van der Waals surface area contributed by atoms with Crippen molar-refractivity contribution in [2.45, 2.75) is 20.0 Å². The van der Waals surface area contributed by atoms with Crippen molar-refractivity contribution in [3.63, 3.8) is 0 Å². The van der Waals surface area contributed by atoms with Gasteiger partial charge in [0, 0.05) is 10.5 Å². The molecule has 0 amide bonds. The lowest BCUT2D eigenvalue weighted by Crippen LogP contribution is -1.99. The fourth-order valence-electron chi connectivity index (χ4n) is 1.62. The molecule has 0 saturated carbocycles. The lowest BCUT2D eigenvalue weighted by molar-refractivity contribution is -0.386. The van der Waals surface area contributed by atoms with E-state index in [2.05, 4.69) is 15.9 Å². The third kappa shape index (κ3) is 3.33. The monoisotopic (exact) mass is 341 g/mol. The number of benzene rings is 1. The van der Waals surface area contributed by atoms with E-state index in [1.165, 1.54) is 0 Å². The van der Waals surface area contributed by atoms with Gasteiger partial charge < -0.3 is 4.74 Å². The molecule has 4 nitrogen and oxygen atoms in total. The van der Waals surface area contributed by atoms with Crippen LogP contribution >= 0.6 is 27.3 Å². The second-order valence-electron chi connectivity index (χ2n) is 3.89. The average Bonchev–Trinajstić information content (AvgIpc) is 2.81. The van der Waals surface area contributed by atoms with Gasteiger partial charge in [0.15, 0.2) is 5.75 Å². The summed E-state index contributed by atoms with van der Waals surface area (Å²) in [7, 11) is 0. The van der Waals surface area contributed by atoms with E-state index in [0.717, 1.165) is 21.3 Å². The van der Waals surface area contributed by atoms with Gasteiger partial charge in [-0.3, -0.25) is 10.1 Å². The molecule has 0 bridgehead atoms. The molecule has 2 rings (SSSR count). The molecule has 0 radical (unpaired) electrons. The maximum Gasteiger partial charge on any atom is 0.311 e. The van der Waals surface area contributed by atoms with Gasteiger partial charge in [0.05, 0.1) is 9.80 Å². The summed E-state index contributed by atoms with van der Waals surface area (Å²) >= 11 is 4.96. The lowest BCUT2D eigenvalue weighted by Gasteiger charge is -2.07. The summed E-state index contributed by atoms with van der Waals surface area (Å²) in [4.78, 5) is 11.6. The van der Waals surface area contributed by atoms with E-state index in [-0.39, 0.29) is 5.69 Å². The smallest absolute Gasteiger partial charge is 0.311 e. The van der Waals surface area contributed by atoms with Crippen molar-refractivity contribution in [2.24, 2.45) is 0 Å². The van der Waals surface area contributed by atoms with Gasteiger partial charge in [-0.05, 0) is 45.4 Å². The van der Waals surface area contributed by atoms with Crippen LogP contribution in [0.15, 0.2) is 34.1 Å². The van der Waals surface area contributed by atoms with Gasteiger partial charge >= 0.3 is 5.69 Å². The molecule has 0 atom stereocenters. The highest BCUT2D eigenvalue weighted by atomic mass is 79.9. The number of hydrogen-bond donors (Lipinski definition) is 0. The Hall–Kier alpha value is -1.40. The maximum absolute atomic E-state index is 11.0. The highest BCUT2D eigenvalue weighted by Crippen LogP contribution is 2.30. The molecule has 0 fully saturated rings. The zero-order valence-corrected chi connectivity index (χ0v) is 12.7. The maximum atomic E-state index is 11.0. The van der Waals surface area contributed by atoms with Gasteiger partial charge in [-0.25, -0.2) is 0 Å². The SMILES string of the molecule is CCc1ccc(OCc2sccc2Br)c([N+](=O)[O-])c1. The van der Waals surface area contributed by atoms with Crippen molar-refractivity contribution in [3.8, 4) is 5.75 Å². The number of aryl methyl sites for hydroxylation is 1. The molecule has 6 heteroatoms. The van der Waals surface area contributed by atoms with Crippen molar-refractivity contribution < 1.29 is 9.66 Å². The first-order valence-electron chi connectivity index (χ1n) is 5.73. The van der Waals surface area contributed by atoms with Crippen LogP contribution in [-0.2, 0) is 13.0 Å². The predicted molar refractivity (Wildman–Crippen MR) is 78.8 cm³/mol. The first kappa shape index (κ1) is 14.0. The number of nitro groups is 1. The minimum absolute atomic E-state index is 0.0204. The van der Waals surface area contributed by atoms with Crippen LogP contribution < -0.4 is 4.74 Å². The first-order valence-corrected chi connectivity index (χ1v) is 7.41. The van der Waals surface area contributed by atoms with Crippen molar-refractivity contribution in [1.29, 1.82) is 0 Å². The largest absolute Gasteiger partial charge is 0.481 e. The second-order valence-corrected chi connectivity index (χ2v) is 5.75. The molecule has 1 heterocycles. The molecule has 0 aliphatic carbocycles. The van der Waals surface area contributed by atoms with Crippen molar-refractivity contribution in [1.82, 2.24) is 0 Å². The number of hydrogen-bond acceptors (Lipinski definition) is 4. The van der Waals surface area contributed by atoms with E-state index in [0.29, 0.717) is 12.4 Å². The molecule has 1 aromatic carbocycles. The molecule has 0 spiro atoms. The van der Waals surface area contributed by atoms with Crippen LogP contribution in [-0.4, -0.2) is 4.92 Å². The fraction of sp³-hybridized carbons (Fsp3) is 0.231. The Balaban J connectivity index is 2.20. The topological polar surface area (TPSA) is 52.4 Å². The molecule has 0 N–H and O–H groups in total. The average molecular weight is 342 g/mol. The Morgan fingerprint density at radius 1 is 1.42 bits per heavy atom. The van der Waals surface area contributed by atoms with Crippen LogP contribution in [0.25, 0.3) is 0 Å². The quantitative estimate of drug-likeness (QED) is 0.591. The Morgan fingerprint density at radius 2 is 2.21 bits per heavy atom. The molecule has 0 unspecified atom stereocenters. The van der Waals surface area contributed by atoms with E-state index in [4.69, 9.17) is 4.74 Å². The number of ether oxygens (including phenoxy) is 1. The Kier molecular flexibility index (Phi) is 4.55. The van der Waals surface area contributed by atoms with Crippen LogP contribution in [0.2, 0.25) is 0 Å². The second kappa shape index (κ2) is 6.16. The third-order valence-corrected chi connectivity index (χ3v) is 4.58. The fourth-order valence-corrected chi connectivity index (χ4v) is 3.00. The van der Waals surface area contributed by atoms with E-state index >= 15 is 0 Å². The summed E-state index contributed by atoms with van der Waals surface area (Å²) in [6, 6.07) is 7.01. The lowest BCUT2D eigenvalue weighted by atomic mass is 10.1. The Morgan fingerprint density at radius 3 is 2.79 bits per heavy atom. The first-order chi connectivity index (χ1) is 9.11. The molecule has 0 aliphatic rings.